The summed E-state index contributed by atoms with van der Waals surface area (Å²) < 4.78 is 0. The summed E-state index contributed by atoms with van der Waals surface area (Å²) >= 11 is 1.54. The second-order valence-electron chi connectivity index (χ2n) is 3.17. The first-order valence-electron chi connectivity index (χ1n) is 3.48. The minimum Gasteiger partial charge on any atom is -0.395 e. The number of hydrogen-bond donors (Lipinski definition) is 1. The predicted octanol–water partition coefficient (Wildman–Crippen LogP) is 1.12. The number of nitrogens with zero attached hydrogens (tertiary/aromatic N) is 2. The van der Waals surface area contributed by atoms with Crippen molar-refractivity contribution in [3.63, 3.8) is 0 Å². The molecule has 4 heteroatoms. The van der Waals surface area contributed by atoms with Crippen LogP contribution >= 0.6 is 11.3 Å². The first-order valence-corrected chi connectivity index (χ1v) is 4.29. The van der Waals surface area contributed by atoms with Crippen LogP contribution in [-0.2, 0) is 5.41 Å². The van der Waals surface area contributed by atoms with Crippen molar-refractivity contribution in [3.8, 4) is 0 Å². The van der Waals surface area contributed by atoms with Crippen LogP contribution in [-0.4, -0.2) is 21.9 Å². The molecule has 0 amide bonds. The summed E-state index contributed by atoms with van der Waals surface area (Å²) in [5.41, 5.74) is -0.244. The highest BCUT2D eigenvalue weighted by Gasteiger charge is 2.23. The third-order valence-electron chi connectivity index (χ3n) is 1.50. The van der Waals surface area contributed by atoms with Crippen molar-refractivity contribution in [3.05, 3.63) is 10.0 Å². The SMILES string of the molecule is Cc1nnc(C(C)(C)CO)s1. The van der Waals surface area contributed by atoms with Crippen molar-refractivity contribution in [2.45, 2.75) is 26.2 Å². The summed E-state index contributed by atoms with van der Waals surface area (Å²) in [6.07, 6.45) is 0. The van der Waals surface area contributed by atoms with Crippen LogP contribution in [0.15, 0.2) is 0 Å². The monoisotopic (exact) mass is 172 g/mol. The predicted molar refractivity (Wildman–Crippen MR) is 44.8 cm³/mol. The summed E-state index contributed by atoms with van der Waals surface area (Å²) in [6, 6.07) is 0. The highest BCUT2D eigenvalue weighted by molar-refractivity contribution is 7.11. The van der Waals surface area contributed by atoms with Gasteiger partial charge in [-0.2, -0.15) is 0 Å². The van der Waals surface area contributed by atoms with E-state index in [0.717, 1.165) is 10.0 Å². The molecular formula is C7H12N2OS. The lowest BCUT2D eigenvalue weighted by atomic mass is 9.96. The van der Waals surface area contributed by atoms with Crippen molar-refractivity contribution < 1.29 is 5.11 Å². The minimum absolute atomic E-state index is 0.113. The van der Waals surface area contributed by atoms with Gasteiger partial charge in [-0.1, -0.05) is 13.8 Å². The highest BCUT2D eigenvalue weighted by Crippen LogP contribution is 2.24. The molecule has 0 aliphatic heterocycles. The van der Waals surface area contributed by atoms with Crippen LogP contribution < -0.4 is 0 Å². The topological polar surface area (TPSA) is 46.0 Å². The van der Waals surface area contributed by atoms with Crippen LogP contribution in [0.4, 0.5) is 0 Å². The molecule has 0 aliphatic rings. The molecule has 1 heterocycles. The van der Waals surface area contributed by atoms with Gasteiger partial charge in [0.15, 0.2) is 0 Å². The van der Waals surface area contributed by atoms with Crippen LogP contribution in [0, 0.1) is 6.92 Å². The Kier molecular flexibility index (Phi) is 2.25. The van der Waals surface area contributed by atoms with Crippen LogP contribution in [0.1, 0.15) is 23.9 Å². The molecule has 62 valence electrons. The van der Waals surface area contributed by atoms with E-state index in [1.54, 1.807) is 0 Å². The zero-order valence-electron chi connectivity index (χ0n) is 6.96. The van der Waals surface area contributed by atoms with Crippen LogP contribution in [0.3, 0.4) is 0 Å². The normalized spacial score (nSPS) is 12.0. The Morgan fingerprint density at radius 3 is 2.45 bits per heavy atom. The lowest BCUT2D eigenvalue weighted by Crippen LogP contribution is -2.21. The van der Waals surface area contributed by atoms with Crippen molar-refractivity contribution in [2.24, 2.45) is 0 Å². The summed E-state index contributed by atoms with van der Waals surface area (Å²) in [7, 11) is 0. The molecule has 0 saturated heterocycles. The molecule has 1 aromatic rings. The molecule has 1 aromatic heterocycles. The fraction of sp³-hybridized carbons (Fsp3) is 0.714. The Morgan fingerprint density at radius 1 is 1.45 bits per heavy atom. The molecule has 1 N–H and O–H groups in total. The maximum absolute atomic E-state index is 9.00. The average Bonchev–Trinajstić information content (AvgIpc) is 2.36. The van der Waals surface area contributed by atoms with Gasteiger partial charge in [0.1, 0.15) is 10.0 Å². The zero-order chi connectivity index (χ0) is 8.48. The standard InChI is InChI=1S/C7H12N2OS/c1-5-8-9-6(11-5)7(2,3)4-10/h10H,4H2,1-3H3. The molecule has 0 saturated carbocycles. The Balaban J connectivity index is 2.92. The van der Waals surface area contributed by atoms with Crippen molar-refractivity contribution >= 4 is 11.3 Å². The number of hydrogen-bond acceptors (Lipinski definition) is 4. The third kappa shape index (κ3) is 1.75. The van der Waals surface area contributed by atoms with Gasteiger partial charge >= 0.3 is 0 Å². The van der Waals surface area contributed by atoms with E-state index in [-0.39, 0.29) is 12.0 Å². The van der Waals surface area contributed by atoms with Crippen molar-refractivity contribution in [2.75, 3.05) is 6.61 Å². The van der Waals surface area contributed by atoms with Gasteiger partial charge < -0.3 is 5.11 Å². The summed E-state index contributed by atoms with van der Waals surface area (Å²) in [5, 5.41) is 18.7. The first kappa shape index (κ1) is 8.62. The van der Waals surface area contributed by atoms with Gasteiger partial charge in [0.25, 0.3) is 0 Å². The van der Waals surface area contributed by atoms with Crippen LogP contribution in [0.2, 0.25) is 0 Å². The van der Waals surface area contributed by atoms with E-state index in [0.29, 0.717) is 0 Å². The van der Waals surface area contributed by atoms with Gasteiger partial charge in [-0.15, -0.1) is 21.5 Å². The smallest absolute Gasteiger partial charge is 0.125 e. The zero-order valence-corrected chi connectivity index (χ0v) is 7.77. The summed E-state index contributed by atoms with van der Waals surface area (Å²) in [6.45, 7) is 5.93. The fourth-order valence-electron chi connectivity index (χ4n) is 0.638. The average molecular weight is 172 g/mol. The Morgan fingerprint density at radius 2 is 2.09 bits per heavy atom. The molecule has 0 aromatic carbocycles. The Hall–Kier alpha value is -0.480. The number of aliphatic hydroxyl groups excluding tert-OH is 1. The fourth-order valence-corrected chi connectivity index (χ4v) is 1.42. The highest BCUT2D eigenvalue weighted by atomic mass is 32.1. The second-order valence-corrected chi connectivity index (χ2v) is 4.35. The number of aryl methyl sites for hydroxylation is 1. The lowest BCUT2D eigenvalue weighted by molar-refractivity contribution is 0.217. The van der Waals surface area contributed by atoms with Crippen LogP contribution in [0.25, 0.3) is 0 Å². The van der Waals surface area contributed by atoms with Gasteiger partial charge in [0.2, 0.25) is 0 Å². The summed E-state index contributed by atoms with van der Waals surface area (Å²) in [4.78, 5) is 0. The van der Waals surface area contributed by atoms with E-state index in [1.165, 1.54) is 11.3 Å². The van der Waals surface area contributed by atoms with Gasteiger partial charge in [0, 0.05) is 5.41 Å². The lowest BCUT2D eigenvalue weighted by Gasteiger charge is -2.16. The number of aliphatic hydroxyl groups is 1. The minimum atomic E-state index is -0.244. The molecule has 0 radical (unpaired) electrons. The largest absolute Gasteiger partial charge is 0.395 e. The first-order chi connectivity index (χ1) is 5.06. The van der Waals surface area contributed by atoms with E-state index in [2.05, 4.69) is 10.2 Å². The quantitative estimate of drug-likeness (QED) is 0.727. The molecule has 1 rings (SSSR count). The van der Waals surface area contributed by atoms with Crippen molar-refractivity contribution in [1.29, 1.82) is 0 Å². The maximum atomic E-state index is 9.00. The third-order valence-corrected chi connectivity index (χ3v) is 2.70. The van der Waals surface area contributed by atoms with E-state index < -0.39 is 0 Å². The number of rotatable bonds is 2. The molecule has 3 nitrogen and oxygen atoms in total. The van der Waals surface area contributed by atoms with E-state index in [1.807, 2.05) is 20.8 Å². The maximum Gasteiger partial charge on any atom is 0.125 e. The molecule has 11 heavy (non-hydrogen) atoms. The molecule has 0 atom stereocenters. The van der Waals surface area contributed by atoms with E-state index in [9.17, 15) is 0 Å². The molecule has 0 spiro atoms. The van der Waals surface area contributed by atoms with Gasteiger partial charge in [0.05, 0.1) is 6.61 Å². The Bertz CT molecular complexity index is 244. The molecule has 0 unspecified atom stereocenters. The molecule has 0 bridgehead atoms. The van der Waals surface area contributed by atoms with E-state index >= 15 is 0 Å². The van der Waals surface area contributed by atoms with Gasteiger partial charge in [-0.25, -0.2) is 0 Å². The van der Waals surface area contributed by atoms with Crippen LogP contribution in [0.5, 0.6) is 0 Å². The summed E-state index contributed by atoms with van der Waals surface area (Å²) in [5.74, 6) is 0. The number of aromatic nitrogens is 2. The van der Waals surface area contributed by atoms with Crippen molar-refractivity contribution in [1.82, 2.24) is 10.2 Å². The molecule has 0 fully saturated rings. The van der Waals surface area contributed by atoms with Gasteiger partial charge in [-0.3, -0.25) is 0 Å². The second kappa shape index (κ2) is 2.87. The molecule has 0 aliphatic carbocycles. The van der Waals surface area contributed by atoms with Gasteiger partial charge in [-0.05, 0) is 6.92 Å². The Labute approximate surface area is 70.1 Å². The molecular weight excluding hydrogens is 160 g/mol. The van der Waals surface area contributed by atoms with E-state index in [4.69, 9.17) is 5.11 Å².